The zero-order valence-corrected chi connectivity index (χ0v) is 11.5. The molecule has 0 radical (unpaired) electrons. The van der Waals surface area contributed by atoms with Crippen molar-refractivity contribution in [3.05, 3.63) is 35.4 Å². The lowest BCUT2D eigenvalue weighted by Crippen LogP contribution is -2.22. The van der Waals surface area contributed by atoms with Crippen molar-refractivity contribution in [2.24, 2.45) is 14.1 Å². The summed E-state index contributed by atoms with van der Waals surface area (Å²) in [4.78, 5) is 0. The van der Waals surface area contributed by atoms with Gasteiger partial charge in [-0.1, -0.05) is 0 Å². The Bertz CT molecular complexity index is 511. The molecule has 98 valence electrons. The van der Waals surface area contributed by atoms with Gasteiger partial charge >= 0.3 is 0 Å². The average molecular weight is 247 g/mol. The predicted molar refractivity (Wildman–Crippen MR) is 71.3 cm³/mol. The Hall–Kier alpha value is -1.62. The highest BCUT2D eigenvalue weighted by Gasteiger charge is 2.11. The van der Waals surface area contributed by atoms with Gasteiger partial charge in [-0.15, -0.1) is 0 Å². The van der Waals surface area contributed by atoms with E-state index in [0.717, 1.165) is 18.7 Å². The standard InChI is InChI=1S/C13H21N5/c1-10(13-9-17(3)16-11(13)2)14-7-5-12-6-8-15-18(12)4/h6,8-10,14H,5,7H2,1-4H3. The first kappa shape index (κ1) is 12.8. The van der Waals surface area contributed by atoms with Crippen LogP contribution in [0.15, 0.2) is 18.5 Å². The van der Waals surface area contributed by atoms with Crippen molar-refractivity contribution in [2.75, 3.05) is 6.54 Å². The van der Waals surface area contributed by atoms with Crippen LogP contribution in [-0.4, -0.2) is 26.1 Å². The normalized spacial score (nSPS) is 12.9. The molecular weight excluding hydrogens is 226 g/mol. The molecule has 2 aromatic heterocycles. The Morgan fingerprint density at radius 1 is 1.39 bits per heavy atom. The molecule has 2 aromatic rings. The van der Waals surface area contributed by atoms with Crippen LogP contribution in [0.25, 0.3) is 0 Å². The molecule has 5 heteroatoms. The van der Waals surface area contributed by atoms with Crippen LogP contribution >= 0.6 is 0 Å². The maximum Gasteiger partial charge on any atom is 0.0641 e. The van der Waals surface area contributed by atoms with Crippen molar-refractivity contribution < 1.29 is 0 Å². The van der Waals surface area contributed by atoms with Gasteiger partial charge in [0.15, 0.2) is 0 Å². The summed E-state index contributed by atoms with van der Waals surface area (Å²) in [7, 11) is 3.93. The van der Waals surface area contributed by atoms with E-state index in [1.165, 1.54) is 11.3 Å². The molecule has 0 spiro atoms. The maximum atomic E-state index is 4.37. The van der Waals surface area contributed by atoms with Gasteiger partial charge < -0.3 is 5.32 Å². The van der Waals surface area contributed by atoms with E-state index in [2.05, 4.69) is 41.6 Å². The molecule has 0 aliphatic carbocycles. The van der Waals surface area contributed by atoms with E-state index in [1.54, 1.807) is 0 Å². The fraction of sp³-hybridized carbons (Fsp3) is 0.538. The van der Waals surface area contributed by atoms with E-state index in [-0.39, 0.29) is 0 Å². The summed E-state index contributed by atoms with van der Waals surface area (Å²) in [6, 6.07) is 2.38. The third kappa shape index (κ3) is 2.79. The van der Waals surface area contributed by atoms with Gasteiger partial charge in [0.1, 0.15) is 0 Å². The molecule has 0 saturated carbocycles. The number of aryl methyl sites for hydroxylation is 3. The Balaban J connectivity index is 1.87. The smallest absolute Gasteiger partial charge is 0.0641 e. The molecule has 1 unspecified atom stereocenters. The summed E-state index contributed by atoms with van der Waals surface area (Å²) in [5, 5.41) is 12.1. The van der Waals surface area contributed by atoms with Crippen LogP contribution in [0.4, 0.5) is 0 Å². The van der Waals surface area contributed by atoms with E-state index >= 15 is 0 Å². The average Bonchev–Trinajstić information content (AvgIpc) is 2.85. The molecular formula is C13H21N5. The minimum atomic E-state index is 0.326. The third-order valence-corrected chi connectivity index (χ3v) is 3.27. The number of rotatable bonds is 5. The first-order valence-electron chi connectivity index (χ1n) is 6.28. The Kier molecular flexibility index (Phi) is 3.81. The van der Waals surface area contributed by atoms with Crippen LogP contribution in [0, 0.1) is 6.92 Å². The van der Waals surface area contributed by atoms with Gasteiger partial charge in [0, 0.05) is 56.8 Å². The van der Waals surface area contributed by atoms with Crippen molar-refractivity contribution in [3.63, 3.8) is 0 Å². The minimum absolute atomic E-state index is 0.326. The first-order valence-corrected chi connectivity index (χ1v) is 6.28. The molecule has 0 fully saturated rings. The Morgan fingerprint density at radius 2 is 2.17 bits per heavy atom. The second kappa shape index (κ2) is 5.35. The summed E-state index contributed by atoms with van der Waals surface area (Å²) >= 11 is 0. The molecule has 2 heterocycles. The first-order chi connectivity index (χ1) is 8.58. The molecule has 1 atom stereocenters. The molecule has 0 aromatic carbocycles. The Labute approximate surface area is 108 Å². The Morgan fingerprint density at radius 3 is 2.72 bits per heavy atom. The highest BCUT2D eigenvalue weighted by Crippen LogP contribution is 2.15. The van der Waals surface area contributed by atoms with Gasteiger partial charge in [0.25, 0.3) is 0 Å². The van der Waals surface area contributed by atoms with E-state index in [1.807, 2.05) is 29.7 Å². The van der Waals surface area contributed by atoms with Crippen molar-refractivity contribution in [1.82, 2.24) is 24.9 Å². The molecule has 0 amide bonds. The number of nitrogens with one attached hydrogen (secondary N) is 1. The number of hydrogen-bond donors (Lipinski definition) is 1. The summed E-state index contributed by atoms with van der Waals surface area (Å²) in [6.07, 6.45) is 4.90. The predicted octanol–water partition coefficient (Wildman–Crippen LogP) is 1.36. The molecule has 0 aliphatic rings. The SMILES string of the molecule is Cc1nn(C)cc1C(C)NCCc1ccnn1C. The lowest BCUT2D eigenvalue weighted by Gasteiger charge is -2.13. The fourth-order valence-electron chi connectivity index (χ4n) is 2.22. The quantitative estimate of drug-likeness (QED) is 0.867. The minimum Gasteiger partial charge on any atom is -0.310 e. The van der Waals surface area contributed by atoms with Crippen molar-refractivity contribution in [2.45, 2.75) is 26.3 Å². The van der Waals surface area contributed by atoms with Crippen LogP contribution in [0.3, 0.4) is 0 Å². The summed E-state index contributed by atoms with van der Waals surface area (Å²) < 4.78 is 3.78. The topological polar surface area (TPSA) is 47.7 Å². The van der Waals surface area contributed by atoms with Gasteiger partial charge in [-0.3, -0.25) is 9.36 Å². The second-order valence-corrected chi connectivity index (χ2v) is 4.72. The van der Waals surface area contributed by atoms with Gasteiger partial charge in [-0.25, -0.2) is 0 Å². The van der Waals surface area contributed by atoms with Crippen LogP contribution < -0.4 is 5.32 Å². The van der Waals surface area contributed by atoms with Crippen molar-refractivity contribution in [1.29, 1.82) is 0 Å². The zero-order chi connectivity index (χ0) is 13.1. The molecule has 5 nitrogen and oxygen atoms in total. The van der Waals surface area contributed by atoms with Crippen LogP contribution in [0.2, 0.25) is 0 Å². The number of aromatic nitrogens is 4. The van der Waals surface area contributed by atoms with Crippen LogP contribution in [-0.2, 0) is 20.5 Å². The lowest BCUT2D eigenvalue weighted by molar-refractivity contribution is 0.562. The maximum absolute atomic E-state index is 4.37. The third-order valence-electron chi connectivity index (χ3n) is 3.27. The van der Waals surface area contributed by atoms with Crippen molar-refractivity contribution >= 4 is 0 Å². The van der Waals surface area contributed by atoms with Gasteiger partial charge in [0.05, 0.1) is 5.69 Å². The van der Waals surface area contributed by atoms with E-state index < -0.39 is 0 Å². The van der Waals surface area contributed by atoms with Crippen LogP contribution in [0.5, 0.6) is 0 Å². The fourth-order valence-corrected chi connectivity index (χ4v) is 2.22. The lowest BCUT2D eigenvalue weighted by atomic mass is 10.1. The monoisotopic (exact) mass is 247 g/mol. The summed E-state index contributed by atoms with van der Waals surface area (Å²) in [5.41, 5.74) is 3.61. The van der Waals surface area contributed by atoms with Crippen molar-refractivity contribution in [3.8, 4) is 0 Å². The van der Waals surface area contributed by atoms with Gasteiger partial charge in [-0.05, 0) is 19.9 Å². The number of hydrogen-bond acceptors (Lipinski definition) is 3. The molecule has 1 N–H and O–H groups in total. The number of nitrogens with zero attached hydrogens (tertiary/aromatic N) is 4. The van der Waals surface area contributed by atoms with E-state index in [4.69, 9.17) is 0 Å². The largest absolute Gasteiger partial charge is 0.310 e. The summed E-state index contributed by atoms with van der Waals surface area (Å²) in [5.74, 6) is 0. The molecule has 0 aliphatic heterocycles. The summed E-state index contributed by atoms with van der Waals surface area (Å²) in [6.45, 7) is 5.16. The van der Waals surface area contributed by atoms with E-state index in [0.29, 0.717) is 6.04 Å². The molecule has 2 rings (SSSR count). The van der Waals surface area contributed by atoms with E-state index in [9.17, 15) is 0 Å². The molecule has 0 bridgehead atoms. The van der Waals surface area contributed by atoms with Gasteiger partial charge in [0.2, 0.25) is 0 Å². The zero-order valence-electron chi connectivity index (χ0n) is 11.5. The second-order valence-electron chi connectivity index (χ2n) is 4.72. The molecule has 18 heavy (non-hydrogen) atoms. The molecule has 0 saturated heterocycles. The highest BCUT2D eigenvalue weighted by atomic mass is 15.3. The highest BCUT2D eigenvalue weighted by molar-refractivity contribution is 5.19. The van der Waals surface area contributed by atoms with Gasteiger partial charge in [-0.2, -0.15) is 10.2 Å². The van der Waals surface area contributed by atoms with Crippen LogP contribution in [0.1, 0.15) is 29.9 Å².